The smallest absolute Gasteiger partial charge is 0.422 e. The van der Waals surface area contributed by atoms with Gasteiger partial charge in [0, 0.05) is 24.5 Å². The van der Waals surface area contributed by atoms with Crippen LogP contribution in [-0.4, -0.2) is 36.8 Å². The minimum Gasteiger partial charge on any atom is -0.468 e. The maximum absolute atomic E-state index is 12.2. The van der Waals surface area contributed by atoms with Gasteiger partial charge in [-0.3, -0.25) is 4.79 Å². The van der Waals surface area contributed by atoms with Gasteiger partial charge in [0.1, 0.15) is 0 Å². The van der Waals surface area contributed by atoms with Gasteiger partial charge in [0.25, 0.3) is 5.91 Å². The highest BCUT2D eigenvalue weighted by Crippen LogP contribution is 2.24. The van der Waals surface area contributed by atoms with Crippen LogP contribution in [0.4, 0.5) is 18.9 Å². The number of pyridine rings is 1. The minimum atomic E-state index is -4.43. The van der Waals surface area contributed by atoms with E-state index < -0.39 is 18.7 Å². The largest absolute Gasteiger partial charge is 0.468 e. The number of hydrogen-bond donors (Lipinski definition) is 2. The first-order chi connectivity index (χ1) is 12.4. The van der Waals surface area contributed by atoms with Crippen LogP contribution in [0.2, 0.25) is 0 Å². The highest BCUT2D eigenvalue weighted by atomic mass is 19.4. The Morgan fingerprint density at radius 2 is 2.00 bits per heavy atom. The lowest BCUT2D eigenvalue weighted by Gasteiger charge is -2.11. The predicted octanol–water partition coefficient (Wildman–Crippen LogP) is 3.35. The van der Waals surface area contributed by atoms with E-state index in [9.17, 15) is 18.0 Å². The third kappa shape index (κ3) is 4.95. The number of ether oxygens (including phenoxy) is 1. The number of halogens is 3. The SMILES string of the molecule is O=C(Nc1ccc([C@H]2CCNC2)cc1)c1ccc(OCC(F)(F)F)nc1. The number of rotatable bonds is 5. The average Bonchev–Trinajstić information content (AvgIpc) is 3.15. The van der Waals surface area contributed by atoms with Crippen LogP contribution in [0.15, 0.2) is 42.6 Å². The van der Waals surface area contributed by atoms with Crippen molar-refractivity contribution in [1.29, 1.82) is 0 Å². The molecule has 0 radical (unpaired) electrons. The van der Waals surface area contributed by atoms with Gasteiger partial charge in [0.05, 0.1) is 5.56 Å². The molecule has 0 saturated carbocycles. The molecule has 8 heteroatoms. The minimum absolute atomic E-state index is 0.187. The van der Waals surface area contributed by atoms with Crippen molar-refractivity contribution in [1.82, 2.24) is 10.3 Å². The molecule has 0 bridgehead atoms. The number of anilines is 1. The highest BCUT2D eigenvalue weighted by molar-refractivity contribution is 6.04. The summed E-state index contributed by atoms with van der Waals surface area (Å²) in [5.74, 6) is -0.0863. The lowest BCUT2D eigenvalue weighted by Crippen LogP contribution is -2.19. The first-order valence-corrected chi connectivity index (χ1v) is 8.18. The van der Waals surface area contributed by atoms with Gasteiger partial charge in [-0.05, 0) is 42.6 Å². The van der Waals surface area contributed by atoms with Gasteiger partial charge >= 0.3 is 6.18 Å². The van der Waals surface area contributed by atoms with E-state index in [4.69, 9.17) is 0 Å². The summed E-state index contributed by atoms with van der Waals surface area (Å²) in [5, 5.41) is 6.05. The van der Waals surface area contributed by atoms with Crippen molar-refractivity contribution in [2.75, 3.05) is 25.0 Å². The molecule has 2 aromatic rings. The number of nitrogens with zero attached hydrogens (tertiary/aromatic N) is 1. The molecular weight excluding hydrogens is 347 g/mol. The van der Waals surface area contributed by atoms with Gasteiger partial charge in [0.2, 0.25) is 5.88 Å². The normalized spacial score (nSPS) is 17.1. The average molecular weight is 365 g/mol. The Labute approximate surface area is 148 Å². The fraction of sp³-hybridized carbons (Fsp3) is 0.333. The summed E-state index contributed by atoms with van der Waals surface area (Å²) < 4.78 is 40.8. The van der Waals surface area contributed by atoms with E-state index in [1.807, 2.05) is 24.3 Å². The van der Waals surface area contributed by atoms with Crippen molar-refractivity contribution in [2.45, 2.75) is 18.5 Å². The first-order valence-electron chi connectivity index (χ1n) is 8.18. The molecule has 1 aromatic heterocycles. The molecule has 2 heterocycles. The zero-order valence-electron chi connectivity index (χ0n) is 13.8. The molecule has 138 valence electrons. The molecule has 1 aliphatic heterocycles. The lowest BCUT2D eigenvalue weighted by atomic mass is 9.98. The highest BCUT2D eigenvalue weighted by Gasteiger charge is 2.28. The Kier molecular flexibility index (Phi) is 5.41. The van der Waals surface area contributed by atoms with Crippen LogP contribution in [0.5, 0.6) is 5.88 Å². The van der Waals surface area contributed by atoms with Gasteiger partial charge in [0.15, 0.2) is 6.61 Å². The van der Waals surface area contributed by atoms with Crippen LogP contribution in [0, 0.1) is 0 Å². The second kappa shape index (κ2) is 7.74. The van der Waals surface area contributed by atoms with Crippen LogP contribution in [0.3, 0.4) is 0 Å². The molecule has 0 aliphatic carbocycles. The van der Waals surface area contributed by atoms with Crippen molar-refractivity contribution in [3.63, 3.8) is 0 Å². The van der Waals surface area contributed by atoms with Crippen LogP contribution in [-0.2, 0) is 0 Å². The van der Waals surface area contributed by atoms with Gasteiger partial charge in [-0.15, -0.1) is 0 Å². The zero-order chi connectivity index (χ0) is 18.6. The third-order valence-corrected chi connectivity index (χ3v) is 4.08. The standard InChI is InChI=1S/C18H18F3N3O2/c19-18(20,21)11-26-16-6-3-14(10-23-16)17(25)24-15-4-1-12(2-5-15)13-7-8-22-9-13/h1-6,10,13,22H,7-9,11H2,(H,24,25)/t13-/m0/s1. The summed E-state index contributed by atoms with van der Waals surface area (Å²) >= 11 is 0. The number of aromatic nitrogens is 1. The summed E-state index contributed by atoms with van der Waals surface area (Å²) in [6.45, 7) is 0.549. The van der Waals surface area contributed by atoms with Crippen molar-refractivity contribution in [2.24, 2.45) is 0 Å². The molecule has 1 aliphatic rings. The van der Waals surface area contributed by atoms with Crippen LogP contribution < -0.4 is 15.4 Å². The maximum atomic E-state index is 12.2. The number of nitrogens with one attached hydrogen (secondary N) is 2. The Bertz CT molecular complexity index is 740. The molecular formula is C18H18F3N3O2. The quantitative estimate of drug-likeness (QED) is 0.853. The van der Waals surface area contributed by atoms with E-state index in [0.717, 1.165) is 19.5 Å². The van der Waals surface area contributed by atoms with E-state index >= 15 is 0 Å². The van der Waals surface area contributed by atoms with E-state index in [1.54, 1.807) is 0 Å². The molecule has 2 N–H and O–H groups in total. The van der Waals surface area contributed by atoms with Crippen LogP contribution >= 0.6 is 0 Å². The first kappa shape index (κ1) is 18.2. The van der Waals surface area contributed by atoms with E-state index in [-0.39, 0.29) is 11.4 Å². The second-order valence-electron chi connectivity index (χ2n) is 6.05. The molecule has 1 saturated heterocycles. The fourth-order valence-electron chi connectivity index (χ4n) is 2.74. The molecule has 0 spiro atoms. The molecule has 1 fully saturated rings. The summed E-state index contributed by atoms with van der Waals surface area (Å²) in [5.41, 5.74) is 2.09. The molecule has 26 heavy (non-hydrogen) atoms. The summed E-state index contributed by atoms with van der Waals surface area (Å²) in [6, 6.07) is 10.2. The summed E-state index contributed by atoms with van der Waals surface area (Å²) in [4.78, 5) is 15.9. The second-order valence-corrected chi connectivity index (χ2v) is 6.05. The number of amides is 1. The molecule has 1 amide bonds. The van der Waals surface area contributed by atoms with Gasteiger partial charge in [-0.1, -0.05) is 12.1 Å². The lowest BCUT2D eigenvalue weighted by molar-refractivity contribution is -0.154. The third-order valence-electron chi connectivity index (χ3n) is 4.08. The van der Waals surface area contributed by atoms with E-state index in [0.29, 0.717) is 11.6 Å². The van der Waals surface area contributed by atoms with Crippen LogP contribution in [0.25, 0.3) is 0 Å². The van der Waals surface area contributed by atoms with E-state index in [1.165, 1.54) is 23.9 Å². The van der Waals surface area contributed by atoms with Gasteiger partial charge < -0.3 is 15.4 Å². The zero-order valence-corrected chi connectivity index (χ0v) is 13.8. The maximum Gasteiger partial charge on any atom is 0.422 e. The summed E-state index contributed by atoms with van der Waals surface area (Å²) in [7, 11) is 0. The Balaban J connectivity index is 1.57. The monoisotopic (exact) mass is 365 g/mol. The number of hydrogen-bond acceptors (Lipinski definition) is 4. The van der Waals surface area contributed by atoms with Crippen molar-refractivity contribution < 1.29 is 22.7 Å². The molecule has 1 atom stereocenters. The van der Waals surface area contributed by atoms with Crippen LogP contribution in [0.1, 0.15) is 28.3 Å². The Morgan fingerprint density at radius 3 is 2.58 bits per heavy atom. The number of carbonyl (C=O) groups excluding carboxylic acids is 1. The predicted molar refractivity (Wildman–Crippen MR) is 90.4 cm³/mol. The van der Waals surface area contributed by atoms with Crippen molar-refractivity contribution in [3.8, 4) is 5.88 Å². The topological polar surface area (TPSA) is 63.2 Å². The number of alkyl halides is 3. The van der Waals surface area contributed by atoms with E-state index in [2.05, 4.69) is 20.4 Å². The molecule has 5 nitrogen and oxygen atoms in total. The Morgan fingerprint density at radius 1 is 1.23 bits per heavy atom. The summed E-state index contributed by atoms with van der Waals surface area (Å²) in [6.07, 6.45) is -2.15. The van der Waals surface area contributed by atoms with Gasteiger partial charge in [-0.2, -0.15) is 13.2 Å². The fourth-order valence-corrected chi connectivity index (χ4v) is 2.74. The number of carbonyl (C=O) groups is 1. The van der Waals surface area contributed by atoms with Crippen molar-refractivity contribution in [3.05, 3.63) is 53.7 Å². The molecule has 1 aromatic carbocycles. The molecule has 3 rings (SSSR count). The van der Waals surface area contributed by atoms with Crippen molar-refractivity contribution >= 4 is 11.6 Å². The Hall–Kier alpha value is -2.61. The molecule has 0 unspecified atom stereocenters. The van der Waals surface area contributed by atoms with Gasteiger partial charge in [-0.25, -0.2) is 4.98 Å². The number of benzene rings is 1.